The lowest BCUT2D eigenvalue weighted by atomic mass is 10.1. The van der Waals surface area contributed by atoms with Crippen LogP contribution in [0.2, 0.25) is 0 Å². The van der Waals surface area contributed by atoms with Gasteiger partial charge in [0, 0.05) is 25.3 Å². The van der Waals surface area contributed by atoms with Crippen LogP contribution in [0.1, 0.15) is 30.7 Å². The average molecular weight is 277 g/mol. The van der Waals surface area contributed by atoms with Crippen molar-refractivity contribution in [2.45, 2.75) is 32.7 Å². The lowest BCUT2D eigenvalue weighted by molar-refractivity contribution is -0.134. The predicted octanol–water partition coefficient (Wildman–Crippen LogP) is 1.50. The molecule has 1 saturated heterocycles. The summed E-state index contributed by atoms with van der Waals surface area (Å²) >= 11 is 0. The molecule has 0 aromatic carbocycles. The standard InChI is InChI=1S/C15H23N3O2/c1-12-6-7-14(13(17-12)10-16-2)20-11-15(19)18-8-4-3-5-9-18/h6-7,16H,3-5,8-11H2,1-2H3. The Hall–Kier alpha value is -1.62. The molecule has 0 radical (unpaired) electrons. The van der Waals surface area contributed by atoms with Crippen LogP contribution in [-0.4, -0.2) is 42.5 Å². The topological polar surface area (TPSA) is 54.5 Å². The highest BCUT2D eigenvalue weighted by Gasteiger charge is 2.17. The molecule has 0 unspecified atom stereocenters. The maximum atomic E-state index is 12.1. The van der Waals surface area contributed by atoms with Crippen molar-refractivity contribution in [1.29, 1.82) is 0 Å². The highest BCUT2D eigenvalue weighted by Crippen LogP contribution is 2.17. The van der Waals surface area contributed by atoms with Crippen LogP contribution in [0.15, 0.2) is 12.1 Å². The molecule has 0 bridgehead atoms. The number of ether oxygens (including phenoxy) is 1. The second kappa shape index (κ2) is 7.24. The number of nitrogens with zero attached hydrogens (tertiary/aromatic N) is 2. The normalized spacial score (nSPS) is 15.2. The van der Waals surface area contributed by atoms with E-state index in [2.05, 4.69) is 10.3 Å². The van der Waals surface area contributed by atoms with Crippen LogP contribution >= 0.6 is 0 Å². The lowest BCUT2D eigenvalue weighted by Crippen LogP contribution is -2.38. The summed E-state index contributed by atoms with van der Waals surface area (Å²) in [6, 6.07) is 3.79. The lowest BCUT2D eigenvalue weighted by Gasteiger charge is -2.26. The first-order chi connectivity index (χ1) is 9.70. The Kier molecular flexibility index (Phi) is 5.35. The number of likely N-dealkylation sites (tertiary alicyclic amines) is 1. The molecule has 0 spiro atoms. The molecule has 1 fully saturated rings. The first-order valence-electron chi connectivity index (χ1n) is 7.22. The Balaban J connectivity index is 1.94. The summed E-state index contributed by atoms with van der Waals surface area (Å²) < 4.78 is 5.67. The van der Waals surface area contributed by atoms with Crippen molar-refractivity contribution in [2.75, 3.05) is 26.7 Å². The van der Waals surface area contributed by atoms with Gasteiger partial charge in [0.1, 0.15) is 5.75 Å². The Labute approximate surface area is 120 Å². The molecule has 0 aliphatic carbocycles. The van der Waals surface area contributed by atoms with Crippen LogP contribution in [0.3, 0.4) is 0 Å². The van der Waals surface area contributed by atoms with E-state index >= 15 is 0 Å². The molecule has 2 rings (SSSR count). The maximum absolute atomic E-state index is 12.1. The van der Waals surface area contributed by atoms with Crippen LogP contribution in [0, 0.1) is 6.92 Å². The summed E-state index contributed by atoms with van der Waals surface area (Å²) in [5.41, 5.74) is 1.80. The smallest absolute Gasteiger partial charge is 0.260 e. The molecule has 0 saturated carbocycles. The van der Waals surface area contributed by atoms with Crippen molar-refractivity contribution in [3.8, 4) is 5.75 Å². The third kappa shape index (κ3) is 3.93. The number of amides is 1. The SMILES string of the molecule is CNCc1nc(C)ccc1OCC(=O)N1CCCCC1. The minimum absolute atomic E-state index is 0.0701. The van der Waals surface area contributed by atoms with Gasteiger partial charge < -0.3 is 15.0 Å². The molecule has 1 aliphatic heterocycles. The summed E-state index contributed by atoms with van der Waals surface area (Å²) in [6.45, 7) is 4.40. The largest absolute Gasteiger partial charge is 0.482 e. The van der Waals surface area contributed by atoms with Crippen molar-refractivity contribution in [2.24, 2.45) is 0 Å². The molecule has 1 aromatic heterocycles. The number of aryl methyl sites for hydroxylation is 1. The van der Waals surface area contributed by atoms with Crippen LogP contribution in [-0.2, 0) is 11.3 Å². The summed E-state index contributed by atoms with van der Waals surface area (Å²) in [7, 11) is 1.87. The van der Waals surface area contributed by atoms with Gasteiger partial charge in [-0.3, -0.25) is 9.78 Å². The van der Waals surface area contributed by atoms with Crippen LogP contribution in [0.5, 0.6) is 5.75 Å². The number of pyridine rings is 1. The van der Waals surface area contributed by atoms with Crippen molar-refractivity contribution in [1.82, 2.24) is 15.2 Å². The molecule has 1 aromatic rings. The minimum atomic E-state index is 0.0701. The van der Waals surface area contributed by atoms with Gasteiger partial charge >= 0.3 is 0 Å². The van der Waals surface area contributed by atoms with E-state index in [-0.39, 0.29) is 12.5 Å². The Morgan fingerprint density at radius 1 is 1.35 bits per heavy atom. The van der Waals surface area contributed by atoms with Crippen LogP contribution in [0.25, 0.3) is 0 Å². The number of carbonyl (C=O) groups is 1. The zero-order chi connectivity index (χ0) is 14.4. The number of rotatable bonds is 5. The summed E-state index contributed by atoms with van der Waals surface area (Å²) in [5.74, 6) is 0.760. The number of piperidine rings is 1. The van der Waals surface area contributed by atoms with E-state index in [1.165, 1.54) is 6.42 Å². The molecule has 1 aliphatic rings. The summed E-state index contributed by atoms with van der Waals surface area (Å²) in [6.07, 6.45) is 3.42. The van der Waals surface area contributed by atoms with Gasteiger partial charge in [-0.05, 0) is 45.4 Å². The van der Waals surface area contributed by atoms with Crippen molar-refractivity contribution in [3.05, 3.63) is 23.5 Å². The highest BCUT2D eigenvalue weighted by atomic mass is 16.5. The van der Waals surface area contributed by atoms with Gasteiger partial charge in [-0.2, -0.15) is 0 Å². The zero-order valence-corrected chi connectivity index (χ0v) is 12.3. The molecule has 5 nitrogen and oxygen atoms in total. The fraction of sp³-hybridized carbons (Fsp3) is 0.600. The first-order valence-corrected chi connectivity index (χ1v) is 7.22. The minimum Gasteiger partial charge on any atom is -0.482 e. The second-order valence-electron chi connectivity index (χ2n) is 5.16. The van der Waals surface area contributed by atoms with Gasteiger partial charge in [0.2, 0.25) is 0 Å². The predicted molar refractivity (Wildman–Crippen MR) is 77.7 cm³/mol. The summed E-state index contributed by atoms with van der Waals surface area (Å²) in [4.78, 5) is 18.4. The van der Waals surface area contributed by atoms with E-state index in [1.54, 1.807) is 0 Å². The van der Waals surface area contributed by atoms with E-state index < -0.39 is 0 Å². The monoisotopic (exact) mass is 277 g/mol. The van der Waals surface area contributed by atoms with Gasteiger partial charge in [0.15, 0.2) is 6.61 Å². The van der Waals surface area contributed by atoms with E-state index in [0.29, 0.717) is 12.3 Å². The zero-order valence-electron chi connectivity index (χ0n) is 12.3. The van der Waals surface area contributed by atoms with E-state index in [1.807, 2.05) is 31.0 Å². The first kappa shape index (κ1) is 14.8. The number of nitrogens with one attached hydrogen (secondary N) is 1. The number of hydrogen-bond donors (Lipinski definition) is 1. The quantitative estimate of drug-likeness (QED) is 0.886. The van der Waals surface area contributed by atoms with Gasteiger partial charge in [-0.25, -0.2) is 0 Å². The highest BCUT2D eigenvalue weighted by molar-refractivity contribution is 5.77. The molecule has 1 N–H and O–H groups in total. The molecule has 20 heavy (non-hydrogen) atoms. The molecule has 110 valence electrons. The molecule has 2 heterocycles. The fourth-order valence-corrected chi connectivity index (χ4v) is 2.40. The Bertz CT molecular complexity index is 456. The molecule has 5 heteroatoms. The Morgan fingerprint density at radius 2 is 2.10 bits per heavy atom. The van der Waals surface area contributed by atoms with E-state index in [9.17, 15) is 4.79 Å². The van der Waals surface area contributed by atoms with E-state index in [0.717, 1.165) is 37.3 Å². The van der Waals surface area contributed by atoms with Gasteiger partial charge in [-0.15, -0.1) is 0 Å². The number of carbonyl (C=O) groups excluding carboxylic acids is 1. The van der Waals surface area contributed by atoms with Crippen LogP contribution in [0.4, 0.5) is 0 Å². The van der Waals surface area contributed by atoms with Gasteiger partial charge in [0.05, 0.1) is 5.69 Å². The average Bonchev–Trinajstić information content (AvgIpc) is 2.47. The van der Waals surface area contributed by atoms with Gasteiger partial charge in [-0.1, -0.05) is 0 Å². The number of aromatic nitrogens is 1. The van der Waals surface area contributed by atoms with Crippen molar-refractivity contribution in [3.63, 3.8) is 0 Å². The third-order valence-corrected chi connectivity index (χ3v) is 3.48. The number of hydrogen-bond acceptors (Lipinski definition) is 4. The second-order valence-corrected chi connectivity index (χ2v) is 5.16. The van der Waals surface area contributed by atoms with Crippen molar-refractivity contribution < 1.29 is 9.53 Å². The van der Waals surface area contributed by atoms with Crippen LogP contribution < -0.4 is 10.1 Å². The maximum Gasteiger partial charge on any atom is 0.260 e. The molecule has 1 amide bonds. The fourth-order valence-electron chi connectivity index (χ4n) is 2.40. The molecular formula is C15H23N3O2. The Morgan fingerprint density at radius 3 is 2.80 bits per heavy atom. The van der Waals surface area contributed by atoms with E-state index in [4.69, 9.17) is 4.74 Å². The molecule has 0 atom stereocenters. The van der Waals surface area contributed by atoms with Crippen molar-refractivity contribution >= 4 is 5.91 Å². The molecular weight excluding hydrogens is 254 g/mol. The van der Waals surface area contributed by atoms with Gasteiger partial charge in [0.25, 0.3) is 5.91 Å². The third-order valence-electron chi connectivity index (χ3n) is 3.48. The summed E-state index contributed by atoms with van der Waals surface area (Å²) in [5, 5.41) is 3.06.